The van der Waals surface area contributed by atoms with Crippen molar-refractivity contribution in [1.82, 2.24) is 15.5 Å². The van der Waals surface area contributed by atoms with Gasteiger partial charge in [-0.2, -0.15) is 0 Å². The summed E-state index contributed by atoms with van der Waals surface area (Å²) in [5, 5.41) is 4.76. The van der Waals surface area contributed by atoms with Crippen molar-refractivity contribution in [2.45, 2.75) is 66.8 Å². The molecule has 0 bridgehead atoms. The summed E-state index contributed by atoms with van der Waals surface area (Å²) in [7, 11) is 1.51. The maximum Gasteiger partial charge on any atom is 0.278 e. The maximum atomic E-state index is 12.1. The zero-order valence-corrected chi connectivity index (χ0v) is 17.1. The van der Waals surface area contributed by atoms with Crippen LogP contribution in [0.3, 0.4) is 0 Å². The lowest BCUT2D eigenvalue weighted by atomic mass is 10.0. The normalized spacial score (nSPS) is 18.6. The number of rotatable bonds is 3. The molecule has 2 aliphatic heterocycles. The Bertz CT molecular complexity index is 553. The standard InChI is InChI=1S/C12H13N3O4.C3H8.2C2H6/c1-3-6-9(13-2)12(19)15(11(6)18)7-4-5-8(16)14-10(7)17;1-3-2;2*1-2/h3,7,13H,1,4-5H2,2H3,(H,14,16,17);3H2,1-2H3;2*1-2H3. The van der Waals surface area contributed by atoms with Crippen LogP contribution >= 0.6 is 0 Å². The quantitative estimate of drug-likeness (QED) is 0.746. The molecule has 2 aliphatic rings. The average Bonchev–Trinajstić information content (AvgIpc) is 2.89. The number of nitrogens with one attached hydrogen (secondary N) is 2. The van der Waals surface area contributed by atoms with E-state index in [0.29, 0.717) is 0 Å². The lowest BCUT2D eigenvalue weighted by Gasteiger charge is -2.28. The second-order valence-electron chi connectivity index (χ2n) is 4.90. The number of nitrogens with zero attached hydrogens (tertiary/aromatic N) is 1. The summed E-state index contributed by atoms with van der Waals surface area (Å²) in [4.78, 5) is 47.9. The first-order valence-corrected chi connectivity index (χ1v) is 9.18. The van der Waals surface area contributed by atoms with Crippen molar-refractivity contribution < 1.29 is 19.2 Å². The minimum atomic E-state index is -0.946. The van der Waals surface area contributed by atoms with Crippen LogP contribution < -0.4 is 10.6 Å². The van der Waals surface area contributed by atoms with Crippen LogP contribution in [0.2, 0.25) is 0 Å². The topological polar surface area (TPSA) is 95.6 Å². The largest absolute Gasteiger partial charge is 0.383 e. The molecule has 0 aliphatic carbocycles. The van der Waals surface area contributed by atoms with Crippen molar-refractivity contribution in [2.75, 3.05) is 7.05 Å². The predicted octanol–water partition coefficient (Wildman–Crippen LogP) is 2.29. The summed E-state index contributed by atoms with van der Waals surface area (Å²) in [5.74, 6) is -2.17. The summed E-state index contributed by atoms with van der Waals surface area (Å²) in [6, 6.07) is -0.946. The molecule has 0 aromatic heterocycles. The maximum absolute atomic E-state index is 12.1. The van der Waals surface area contributed by atoms with Crippen LogP contribution in [0.1, 0.15) is 60.8 Å². The van der Waals surface area contributed by atoms with Crippen molar-refractivity contribution >= 4 is 23.6 Å². The predicted molar refractivity (Wildman–Crippen MR) is 103 cm³/mol. The molecule has 1 unspecified atom stereocenters. The van der Waals surface area contributed by atoms with E-state index in [2.05, 4.69) is 31.1 Å². The van der Waals surface area contributed by atoms with Gasteiger partial charge in [-0.05, 0) is 6.42 Å². The molecule has 0 aromatic carbocycles. The Labute approximate surface area is 156 Å². The summed E-state index contributed by atoms with van der Waals surface area (Å²) in [6.45, 7) is 15.7. The Balaban J connectivity index is 0. The summed E-state index contributed by atoms with van der Waals surface area (Å²) in [6.07, 6.45) is 2.77. The molecule has 4 amide bonds. The van der Waals surface area contributed by atoms with Gasteiger partial charge in [0.05, 0.1) is 5.57 Å². The van der Waals surface area contributed by atoms with Gasteiger partial charge in [0, 0.05) is 13.5 Å². The Kier molecular flexibility index (Phi) is 13.7. The van der Waals surface area contributed by atoms with Crippen molar-refractivity contribution in [2.24, 2.45) is 0 Å². The highest BCUT2D eigenvalue weighted by molar-refractivity contribution is 6.22. The van der Waals surface area contributed by atoms with Gasteiger partial charge in [0.1, 0.15) is 11.7 Å². The van der Waals surface area contributed by atoms with E-state index in [0.717, 1.165) is 4.90 Å². The number of hydrogen-bond donors (Lipinski definition) is 2. The lowest BCUT2D eigenvalue weighted by molar-refractivity contribution is -0.150. The van der Waals surface area contributed by atoms with Crippen LogP contribution in [0, 0.1) is 0 Å². The molecule has 2 N–H and O–H groups in total. The Morgan fingerprint density at radius 2 is 1.62 bits per heavy atom. The van der Waals surface area contributed by atoms with Crippen LogP contribution in [0.4, 0.5) is 0 Å². The molecule has 148 valence electrons. The van der Waals surface area contributed by atoms with Crippen LogP contribution in [-0.4, -0.2) is 41.6 Å². The van der Waals surface area contributed by atoms with Gasteiger partial charge in [0.2, 0.25) is 11.8 Å². The molecule has 0 radical (unpaired) electrons. The van der Waals surface area contributed by atoms with E-state index in [9.17, 15) is 19.2 Å². The van der Waals surface area contributed by atoms with Crippen LogP contribution in [0.25, 0.3) is 0 Å². The minimum Gasteiger partial charge on any atom is -0.383 e. The van der Waals surface area contributed by atoms with Gasteiger partial charge in [0.25, 0.3) is 11.8 Å². The third-order valence-electron chi connectivity index (χ3n) is 3.13. The number of piperidine rings is 1. The van der Waals surface area contributed by atoms with Crippen molar-refractivity contribution in [1.29, 1.82) is 0 Å². The number of carbonyl (C=O) groups excluding carboxylic acids is 4. The number of hydrogen-bond acceptors (Lipinski definition) is 5. The molecule has 7 nitrogen and oxygen atoms in total. The highest BCUT2D eigenvalue weighted by Gasteiger charge is 2.45. The molecule has 26 heavy (non-hydrogen) atoms. The van der Waals surface area contributed by atoms with Crippen LogP contribution in [0.15, 0.2) is 23.9 Å². The Morgan fingerprint density at radius 1 is 1.12 bits per heavy atom. The van der Waals surface area contributed by atoms with Gasteiger partial charge in [-0.1, -0.05) is 60.6 Å². The first-order valence-electron chi connectivity index (χ1n) is 9.18. The summed E-state index contributed by atoms with van der Waals surface area (Å²) in [5.41, 5.74) is 0.252. The first-order chi connectivity index (χ1) is 12.4. The molecule has 2 heterocycles. The molecule has 0 spiro atoms. The van der Waals surface area contributed by atoms with E-state index in [1.165, 1.54) is 19.5 Å². The van der Waals surface area contributed by atoms with Crippen molar-refractivity contribution in [3.8, 4) is 0 Å². The fourth-order valence-corrected chi connectivity index (χ4v) is 2.21. The second kappa shape index (κ2) is 13.8. The van der Waals surface area contributed by atoms with Crippen LogP contribution in [-0.2, 0) is 19.2 Å². The van der Waals surface area contributed by atoms with Gasteiger partial charge >= 0.3 is 0 Å². The van der Waals surface area contributed by atoms with E-state index in [1.54, 1.807) is 0 Å². The SMILES string of the molecule is C=CC1=C(NC)C(=O)N(C2CCC(=O)NC2=O)C1=O.CC.CC.CCC. The highest BCUT2D eigenvalue weighted by Crippen LogP contribution is 2.25. The number of imide groups is 2. The van der Waals surface area contributed by atoms with Crippen molar-refractivity contribution in [3.05, 3.63) is 23.9 Å². The molecule has 1 saturated heterocycles. The number of carbonyl (C=O) groups is 4. The van der Waals surface area contributed by atoms with Gasteiger partial charge in [0.15, 0.2) is 0 Å². The van der Waals surface area contributed by atoms with E-state index >= 15 is 0 Å². The van der Waals surface area contributed by atoms with Gasteiger partial charge < -0.3 is 5.32 Å². The van der Waals surface area contributed by atoms with Crippen molar-refractivity contribution in [3.63, 3.8) is 0 Å². The first kappa shape index (κ1) is 25.8. The Hall–Kier alpha value is -2.44. The summed E-state index contributed by atoms with van der Waals surface area (Å²) < 4.78 is 0. The lowest BCUT2D eigenvalue weighted by Crippen LogP contribution is -2.55. The zero-order valence-electron chi connectivity index (χ0n) is 17.1. The highest BCUT2D eigenvalue weighted by atomic mass is 16.2. The molecular formula is C19H33N3O4. The number of likely N-dealkylation sites (N-methyl/N-ethyl adjacent to an activating group) is 1. The average molecular weight is 367 g/mol. The van der Waals surface area contributed by atoms with E-state index in [4.69, 9.17) is 0 Å². The van der Waals surface area contributed by atoms with E-state index in [1.807, 2.05) is 27.7 Å². The molecule has 1 fully saturated rings. The molecule has 2 rings (SSSR count). The molecule has 7 heteroatoms. The van der Waals surface area contributed by atoms with E-state index < -0.39 is 29.7 Å². The van der Waals surface area contributed by atoms with Crippen LogP contribution in [0.5, 0.6) is 0 Å². The molecule has 0 saturated carbocycles. The second-order valence-corrected chi connectivity index (χ2v) is 4.90. The van der Waals surface area contributed by atoms with Gasteiger partial charge in [-0.25, -0.2) is 0 Å². The van der Waals surface area contributed by atoms with Gasteiger partial charge in [-0.3, -0.25) is 29.4 Å². The van der Waals surface area contributed by atoms with E-state index in [-0.39, 0.29) is 24.1 Å². The number of amides is 4. The molecule has 0 aromatic rings. The third-order valence-corrected chi connectivity index (χ3v) is 3.13. The zero-order chi connectivity index (χ0) is 20.9. The smallest absolute Gasteiger partial charge is 0.278 e. The van der Waals surface area contributed by atoms with Gasteiger partial charge in [-0.15, -0.1) is 0 Å². The molecular weight excluding hydrogens is 334 g/mol. The minimum absolute atomic E-state index is 0.103. The summed E-state index contributed by atoms with van der Waals surface area (Å²) >= 11 is 0. The molecule has 1 atom stereocenters. The Morgan fingerprint density at radius 3 is 1.96 bits per heavy atom. The third kappa shape index (κ3) is 6.13. The fraction of sp³-hybridized carbons (Fsp3) is 0.579. The fourth-order valence-electron chi connectivity index (χ4n) is 2.21. The monoisotopic (exact) mass is 367 g/mol.